The zero-order valence-corrected chi connectivity index (χ0v) is 27.1. The van der Waals surface area contributed by atoms with Crippen LogP contribution >= 0.6 is 0 Å². The fourth-order valence-electron chi connectivity index (χ4n) is 4.33. The van der Waals surface area contributed by atoms with Gasteiger partial charge in [0.2, 0.25) is 0 Å². The highest BCUT2D eigenvalue weighted by molar-refractivity contribution is 5.73. The topological polar surface area (TPSA) is 146 Å². The Morgan fingerprint density at radius 3 is 1.17 bits per heavy atom. The normalized spacial score (nSPS) is 18.1. The molecule has 0 radical (unpaired) electrons. The first-order valence-electron chi connectivity index (χ1n) is 14.6. The van der Waals surface area contributed by atoms with Gasteiger partial charge in [-0.25, -0.2) is 0 Å². The molecule has 1 aromatic rings. The first-order valence-corrected chi connectivity index (χ1v) is 14.6. The number of hydrogen-bond donors (Lipinski definition) is 1. The van der Waals surface area contributed by atoms with E-state index in [-0.39, 0.29) is 37.5 Å². The van der Waals surface area contributed by atoms with Crippen LogP contribution < -0.4 is 0 Å². The molecule has 14 heteroatoms. The number of carbonyl (C=O) groups excluding carboxylic acids is 3. The third kappa shape index (κ3) is 16.1. The van der Waals surface area contributed by atoms with Gasteiger partial charge in [-0.15, -0.1) is 10.2 Å². The van der Waals surface area contributed by atoms with Crippen LogP contribution in [0.5, 0.6) is 0 Å². The third-order valence-electron chi connectivity index (χ3n) is 6.00. The van der Waals surface area contributed by atoms with Gasteiger partial charge in [-0.3, -0.25) is 34.0 Å². The van der Waals surface area contributed by atoms with Gasteiger partial charge >= 0.3 is 17.9 Å². The molecule has 1 fully saturated rings. The number of ether oxygens (including phenoxy) is 3. The van der Waals surface area contributed by atoms with Crippen LogP contribution in [0.25, 0.3) is 0 Å². The van der Waals surface area contributed by atoms with E-state index in [1.807, 2.05) is 77.0 Å². The molecule has 2 heterocycles. The summed E-state index contributed by atoms with van der Waals surface area (Å²) in [6.07, 6.45) is 0. The Balaban J connectivity index is 2.24. The Morgan fingerprint density at radius 1 is 0.595 bits per heavy atom. The van der Waals surface area contributed by atoms with E-state index >= 15 is 0 Å². The minimum atomic E-state index is -0.600. The van der Waals surface area contributed by atoms with E-state index in [1.54, 1.807) is 0 Å². The highest BCUT2D eigenvalue weighted by Gasteiger charge is 2.25. The molecule has 1 N–H and O–H groups in total. The molecule has 1 aromatic heterocycles. The van der Waals surface area contributed by atoms with Crippen LogP contribution in [0.3, 0.4) is 0 Å². The van der Waals surface area contributed by atoms with Crippen molar-refractivity contribution in [2.24, 2.45) is 0 Å². The Kier molecular flexibility index (Phi) is 13.3. The molecule has 240 valence electrons. The van der Waals surface area contributed by atoms with E-state index < -0.39 is 16.8 Å². The number of nitrogens with one attached hydrogen (secondary N) is 1. The Hall–Kier alpha value is -2.68. The van der Waals surface area contributed by atoms with E-state index in [4.69, 9.17) is 14.2 Å². The Morgan fingerprint density at radius 2 is 0.905 bits per heavy atom. The number of nitrogens with zero attached hydrogens (tertiary/aromatic N) is 7. The molecule has 1 saturated heterocycles. The number of aromatic amines is 1. The van der Waals surface area contributed by atoms with Crippen molar-refractivity contribution in [1.29, 1.82) is 0 Å². The van der Waals surface area contributed by atoms with E-state index in [0.717, 1.165) is 0 Å². The first kappa shape index (κ1) is 35.5. The van der Waals surface area contributed by atoms with Gasteiger partial charge in [0.25, 0.3) is 0 Å². The molecule has 0 spiro atoms. The van der Waals surface area contributed by atoms with Gasteiger partial charge < -0.3 is 14.2 Å². The molecule has 42 heavy (non-hydrogen) atoms. The fourth-order valence-corrected chi connectivity index (χ4v) is 4.33. The van der Waals surface area contributed by atoms with Crippen LogP contribution in [0.4, 0.5) is 0 Å². The lowest BCUT2D eigenvalue weighted by Crippen LogP contribution is -2.49. The standard InChI is InChI=1S/C28H52N8O6/c1-26(2,3)40-23(37)19-34-12-10-33(18-22-29-31-32-30-22)11-13-35(20-24(38)41-27(4,5)6)15-17-36(16-14-34)21-25(39)42-28(7,8)9/h10-21H2,1-9H3,(H,29,30,31,32). The van der Waals surface area contributed by atoms with Crippen LogP contribution in [-0.4, -0.2) is 147 Å². The van der Waals surface area contributed by atoms with E-state index in [2.05, 4.69) is 25.5 Å². The van der Waals surface area contributed by atoms with Gasteiger partial charge in [0, 0.05) is 52.4 Å². The zero-order chi connectivity index (χ0) is 31.6. The predicted octanol–water partition coefficient (Wildman–Crippen LogP) is 0.946. The summed E-state index contributed by atoms with van der Waals surface area (Å²) in [4.78, 5) is 46.5. The van der Waals surface area contributed by atoms with Crippen LogP contribution in [0.2, 0.25) is 0 Å². The van der Waals surface area contributed by atoms with Crippen molar-refractivity contribution in [2.75, 3.05) is 72.0 Å². The molecule has 0 saturated carbocycles. The number of aromatic nitrogens is 4. The Labute approximate surface area is 250 Å². The molecule has 0 amide bonds. The predicted molar refractivity (Wildman–Crippen MR) is 156 cm³/mol. The summed E-state index contributed by atoms with van der Waals surface area (Å²) in [5.41, 5.74) is -1.78. The summed E-state index contributed by atoms with van der Waals surface area (Å²) in [6, 6.07) is 0. The second-order valence-corrected chi connectivity index (χ2v) is 13.7. The van der Waals surface area contributed by atoms with Gasteiger partial charge in [0.05, 0.1) is 26.2 Å². The number of H-pyrrole nitrogens is 1. The van der Waals surface area contributed by atoms with Crippen molar-refractivity contribution in [1.82, 2.24) is 40.2 Å². The molecule has 0 aliphatic carbocycles. The van der Waals surface area contributed by atoms with Gasteiger partial charge in [-0.05, 0) is 62.3 Å². The van der Waals surface area contributed by atoms with E-state index in [0.29, 0.717) is 64.7 Å². The molecule has 14 nitrogen and oxygen atoms in total. The highest BCUT2D eigenvalue weighted by Crippen LogP contribution is 2.11. The fraction of sp³-hybridized carbons (Fsp3) is 0.857. The molecule has 0 aromatic carbocycles. The number of hydrogen-bond acceptors (Lipinski definition) is 13. The van der Waals surface area contributed by atoms with E-state index in [9.17, 15) is 14.4 Å². The van der Waals surface area contributed by atoms with Gasteiger partial charge in [-0.1, -0.05) is 5.21 Å². The van der Waals surface area contributed by atoms with Crippen LogP contribution in [0.1, 0.15) is 68.1 Å². The molecule has 0 bridgehead atoms. The van der Waals surface area contributed by atoms with Crippen molar-refractivity contribution >= 4 is 17.9 Å². The summed E-state index contributed by atoms with van der Waals surface area (Å²) >= 11 is 0. The molecular formula is C28H52N8O6. The lowest BCUT2D eigenvalue weighted by atomic mass is 10.2. The maximum atomic E-state index is 12.8. The molecule has 1 aliphatic rings. The van der Waals surface area contributed by atoms with Crippen molar-refractivity contribution < 1.29 is 28.6 Å². The summed E-state index contributed by atoms with van der Waals surface area (Å²) < 4.78 is 16.8. The van der Waals surface area contributed by atoms with Crippen LogP contribution in [0, 0.1) is 0 Å². The lowest BCUT2D eigenvalue weighted by Gasteiger charge is -2.34. The molecular weight excluding hydrogens is 544 g/mol. The van der Waals surface area contributed by atoms with Crippen molar-refractivity contribution in [3.8, 4) is 0 Å². The van der Waals surface area contributed by atoms with Crippen LogP contribution in [0.15, 0.2) is 0 Å². The van der Waals surface area contributed by atoms with Gasteiger partial charge in [-0.2, -0.15) is 5.21 Å². The minimum Gasteiger partial charge on any atom is -0.459 e. The minimum absolute atomic E-state index is 0.0990. The lowest BCUT2D eigenvalue weighted by molar-refractivity contribution is -0.158. The molecule has 2 rings (SSSR count). The molecule has 0 unspecified atom stereocenters. The molecule has 0 atom stereocenters. The quantitative estimate of drug-likeness (QED) is 0.336. The van der Waals surface area contributed by atoms with Gasteiger partial charge in [0.1, 0.15) is 16.8 Å². The first-order chi connectivity index (χ1) is 19.4. The number of esters is 3. The second-order valence-electron chi connectivity index (χ2n) is 13.7. The number of tetrazole rings is 1. The average Bonchev–Trinajstić information content (AvgIpc) is 3.30. The zero-order valence-electron chi connectivity index (χ0n) is 27.1. The molecule has 1 aliphatic heterocycles. The number of carbonyl (C=O) groups is 3. The maximum Gasteiger partial charge on any atom is 0.320 e. The monoisotopic (exact) mass is 596 g/mol. The second kappa shape index (κ2) is 15.7. The summed E-state index contributed by atoms with van der Waals surface area (Å²) in [5, 5.41) is 14.4. The van der Waals surface area contributed by atoms with Gasteiger partial charge in [0.15, 0.2) is 5.82 Å². The summed E-state index contributed by atoms with van der Waals surface area (Å²) in [5.74, 6) is -0.371. The third-order valence-corrected chi connectivity index (χ3v) is 6.00. The number of rotatable bonds is 8. The largest absolute Gasteiger partial charge is 0.459 e. The van der Waals surface area contributed by atoms with E-state index in [1.165, 1.54) is 0 Å². The van der Waals surface area contributed by atoms with Crippen molar-refractivity contribution in [3.05, 3.63) is 5.82 Å². The summed E-state index contributed by atoms with van der Waals surface area (Å²) in [7, 11) is 0. The SMILES string of the molecule is CC(C)(C)OC(=O)CN1CCN(CC(=O)OC(C)(C)C)CCN(Cc2nn[nH]n2)CCN(CC(=O)OC(C)(C)C)CC1. The van der Waals surface area contributed by atoms with Crippen LogP contribution in [-0.2, 0) is 35.1 Å². The smallest absolute Gasteiger partial charge is 0.320 e. The summed E-state index contributed by atoms with van der Waals surface area (Å²) in [6.45, 7) is 21.9. The Bertz CT molecular complexity index is 938. The van der Waals surface area contributed by atoms with Crippen molar-refractivity contribution in [3.63, 3.8) is 0 Å². The highest BCUT2D eigenvalue weighted by atomic mass is 16.6. The maximum absolute atomic E-state index is 12.8. The average molecular weight is 597 g/mol. The van der Waals surface area contributed by atoms with Crippen molar-refractivity contribution in [2.45, 2.75) is 85.7 Å².